The number of amides is 3. The van der Waals surface area contributed by atoms with E-state index in [-0.39, 0.29) is 41.7 Å². The van der Waals surface area contributed by atoms with Crippen LogP contribution in [-0.2, 0) is 20.9 Å². The highest BCUT2D eigenvalue weighted by Gasteiger charge is 2.37. The van der Waals surface area contributed by atoms with E-state index in [1.807, 2.05) is 0 Å². The molecule has 2 aliphatic heterocycles. The van der Waals surface area contributed by atoms with Crippen molar-refractivity contribution in [2.75, 3.05) is 31.3 Å². The number of aromatic nitrogens is 3. The number of anilines is 1. The van der Waals surface area contributed by atoms with E-state index < -0.39 is 17.3 Å². The molecule has 3 amide bonds. The lowest BCUT2D eigenvalue weighted by Crippen LogP contribution is -2.40. The second-order valence-electron chi connectivity index (χ2n) is 7.74. The third kappa shape index (κ3) is 4.25. The van der Waals surface area contributed by atoms with Crippen LogP contribution in [0.5, 0.6) is 5.75 Å². The molecule has 180 valence electrons. The molecular formula is C22H20N6O6S. The molecule has 0 bridgehead atoms. The van der Waals surface area contributed by atoms with Crippen molar-refractivity contribution in [2.45, 2.75) is 11.9 Å². The minimum atomic E-state index is -0.728. The van der Waals surface area contributed by atoms with Crippen LogP contribution in [-0.4, -0.2) is 74.9 Å². The van der Waals surface area contributed by atoms with Gasteiger partial charge in [0.2, 0.25) is 0 Å². The highest BCUT2D eigenvalue weighted by molar-refractivity contribution is 8.00. The molecule has 3 aromatic rings. The maximum absolute atomic E-state index is 13.2. The zero-order valence-corrected chi connectivity index (χ0v) is 19.3. The van der Waals surface area contributed by atoms with Crippen LogP contribution in [0.4, 0.5) is 5.69 Å². The van der Waals surface area contributed by atoms with E-state index in [2.05, 4.69) is 25.6 Å². The highest BCUT2D eigenvalue weighted by atomic mass is 32.2. The monoisotopic (exact) mass is 496 g/mol. The summed E-state index contributed by atoms with van der Waals surface area (Å²) in [4.78, 5) is 62.3. The molecule has 1 saturated heterocycles. The Labute approximate surface area is 202 Å². The molecule has 2 aromatic heterocycles. The van der Waals surface area contributed by atoms with Crippen LogP contribution in [0.15, 0.2) is 30.7 Å². The van der Waals surface area contributed by atoms with Gasteiger partial charge in [0.1, 0.15) is 17.6 Å². The smallest absolute Gasteiger partial charge is 0.339 e. The average Bonchev–Trinajstić information content (AvgIpc) is 3.53. The van der Waals surface area contributed by atoms with Crippen LogP contribution in [0.3, 0.4) is 0 Å². The first kappa shape index (κ1) is 22.7. The molecule has 35 heavy (non-hydrogen) atoms. The topological polar surface area (TPSA) is 156 Å². The number of nitrogens with one attached hydrogen (secondary N) is 3. The van der Waals surface area contributed by atoms with Gasteiger partial charge in [-0.3, -0.25) is 14.4 Å². The number of rotatable bonds is 5. The first-order chi connectivity index (χ1) is 17.0. The number of hydrogen-bond donors (Lipinski definition) is 3. The number of H-pyrrole nitrogens is 1. The second-order valence-corrected chi connectivity index (χ2v) is 8.93. The number of carbonyl (C=O) groups excluding carboxylic acids is 4. The molecule has 0 spiro atoms. The van der Waals surface area contributed by atoms with Gasteiger partial charge in [0.15, 0.2) is 17.7 Å². The Morgan fingerprint density at radius 2 is 2.17 bits per heavy atom. The number of benzene rings is 1. The van der Waals surface area contributed by atoms with E-state index in [0.29, 0.717) is 29.3 Å². The Balaban J connectivity index is 1.34. The standard InChI is InChI=1S/C22H20N6O6S/c1-33-22(32)21-28(4-5-35-21)20(31)12-8-23-17-16(12)25-10-26-18(17)19(30)24-7-11-2-3-14-13(6-11)27-15(29)9-34-14/h2-3,6,8,10,21,23H,4-5,7,9H2,1H3,(H,24,30)(H,27,29). The van der Waals surface area contributed by atoms with Gasteiger partial charge >= 0.3 is 5.97 Å². The molecular weight excluding hydrogens is 476 g/mol. The zero-order chi connectivity index (χ0) is 24.5. The summed E-state index contributed by atoms with van der Waals surface area (Å²) in [5.74, 6) is -0.435. The average molecular weight is 497 g/mol. The number of hydrogen-bond acceptors (Lipinski definition) is 9. The molecule has 0 saturated carbocycles. The van der Waals surface area contributed by atoms with Crippen LogP contribution >= 0.6 is 11.8 Å². The molecule has 1 aromatic carbocycles. The number of ether oxygens (including phenoxy) is 2. The third-order valence-corrected chi connectivity index (χ3v) is 6.77. The number of methoxy groups -OCH3 is 1. The summed E-state index contributed by atoms with van der Waals surface area (Å²) in [6, 6.07) is 5.23. The van der Waals surface area contributed by atoms with Crippen molar-refractivity contribution in [3.05, 3.63) is 47.5 Å². The van der Waals surface area contributed by atoms with Crippen LogP contribution in [0.2, 0.25) is 0 Å². The van der Waals surface area contributed by atoms with E-state index in [4.69, 9.17) is 9.47 Å². The number of aromatic amines is 1. The summed E-state index contributed by atoms with van der Waals surface area (Å²) in [6.07, 6.45) is 2.67. The van der Waals surface area contributed by atoms with Gasteiger partial charge in [0.25, 0.3) is 17.7 Å². The Morgan fingerprint density at radius 3 is 3.00 bits per heavy atom. The maximum atomic E-state index is 13.2. The van der Waals surface area contributed by atoms with Gasteiger partial charge in [-0.05, 0) is 17.7 Å². The van der Waals surface area contributed by atoms with Gasteiger partial charge in [-0.25, -0.2) is 14.8 Å². The number of fused-ring (bicyclic) bond motifs is 2. The zero-order valence-electron chi connectivity index (χ0n) is 18.5. The van der Waals surface area contributed by atoms with Crippen molar-refractivity contribution in [3.63, 3.8) is 0 Å². The lowest BCUT2D eigenvalue weighted by molar-refractivity contribution is -0.142. The Hall–Kier alpha value is -4.13. The molecule has 1 unspecified atom stereocenters. The summed E-state index contributed by atoms with van der Waals surface area (Å²) in [5.41, 5.74) is 2.18. The van der Waals surface area contributed by atoms with Crippen LogP contribution in [0.25, 0.3) is 11.0 Å². The molecule has 12 nitrogen and oxygen atoms in total. The van der Waals surface area contributed by atoms with Gasteiger partial charge in [-0.15, -0.1) is 11.8 Å². The predicted octanol–water partition coefficient (Wildman–Crippen LogP) is 0.907. The van der Waals surface area contributed by atoms with E-state index in [0.717, 1.165) is 5.56 Å². The van der Waals surface area contributed by atoms with Crippen LogP contribution in [0.1, 0.15) is 26.4 Å². The molecule has 5 rings (SSSR count). The largest absolute Gasteiger partial charge is 0.482 e. The second kappa shape index (κ2) is 9.25. The highest BCUT2D eigenvalue weighted by Crippen LogP contribution is 2.30. The quantitative estimate of drug-likeness (QED) is 0.437. The van der Waals surface area contributed by atoms with Crippen LogP contribution < -0.4 is 15.4 Å². The van der Waals surface area contributed by atoms with Crippen molar-refractivity contribution in [1.29, 1.82) is 0 Å². The minimum absolute atomic E-state index is 0.0344. The SMILES string of the molecule is COC(=O)C1SCCN1C(=O)c1c[nH]c2c(C(=O)NCc3ccc4c(c3)NC(=O)CO4)ncnc12. The van der Waals surface area contributed by atoms with E-state index in [9.17, 15) is 19.2 Å². The number of carbonyl (C=O) groups is 4. The van der Waals surface area contributed by atoms with Crippen molar-refractivity contribution < 1.29 is 28.7 Å². The number of esters is 1. The van der Waals surface area contributed by atoms with Crippen molar-refractivity contribution in [3.8, 4) is 5.75 Å². The molecule has 3 N–H and O–H groups in total. The summed E-state index contributed by atoms with van der Waals surface area (Å²) in [7, 11) is 1.28. The van der Waals surface area contributed by atoms with Crippen molar-refractivity contribution in [2.24, 2.45) is 0 Å². The summed E-state index contributed by atoms with van der Waals surface area (Å²) in [5, 5.41) is 4.78. The molecule has 2 aliphatic rings. The molecule has 1 fully saturated rings. The molecule has 0 aliphatic carbocycles. The summed E-state index contributed by atoms with van der Waals surface area (Å²) >= 11 is 1.33. The van der Waals surface area contributed by atoms with E-state index in [1.165, 1.54) is 36.3 Å². The van der Waals surface area contributed by atoms with Gasteiger partial charge in [0.05, 0.1) is 23.9 Å². The van der Waals surface area contributed by atoms with Crippen molar-refractivity contribution >= 4 is 52.2 Å². The van der Waals surface area contributed by atoms with Gasteiger partial charge < -0.3 is 30.0 Å². The Kier molecular flexibility index (Phi) is 5.99. The lowest BCUT2D eigenvalue weighted by Gasteiger charge is -2.21. The van der Waals surface area contributed by atoms with Crippen molar-refractivity contribution in [1.82, 2.24) is 25.2 Å². The summed E-state index contributed by atoms with van der Waals surface area (Å²) in [6.45, 7) is 0.528. The minimum Gasteiger partial charge on any atom is -0.482 e. The molecule has 13 heteroatoms. The van der Waals surface area contributed by atoms with Gasteiger partial charge in [-0.2, -0.15) is 0 Å². The molecule has 0 radical (unpaired) electrons. The fraction of sp³-hybridized carbons (Fsp3) is 0.273. The number of thioether (sulfide) groups is 1. The lowest BCUT2D eigenvalue weighted by atomic mass is 10.1. The predicted molar refractivity (Wildman–Crippen MR) is 125 cm³/mol. The fourth-order valence-corrected chi connectivity index (χ4v) is 5.05. The van der Waals surface area contributed by atoms with Gasteiger partial charge in [0, 0.05) is 25.0 Å². The van der Waals surface area contributed by atoms with Crippen LogP contribution in [0, 0.1) is 0 Å². The van der Waals surface area contributed by atoms with E-state index in [1.54, 1.807) is 18.2 Å². The van der Waals surface area contributed by atoms with Gasteiger partial charge in [-0.1, -0.05) is 6.07 Å². The fourth-order valence-electron chi connectivity index (χ4n) is 3.91. The first-order valence-electron chi connectivity index (χ1n) is 10.6. The van der Waals surface area contributed by atoms with E-state index >= 15 is 0 Å². The normalized spacial score (nSPS) is 16.9. The number of nitrogens with zero attached hydrogens (tertiary/aromatic N) is 3. The first-order valence-corrected chi connectivity index (χ1v) is 11.7. The maximum Gasteiger partial charge on any atom is 0.339 e. The Bertz CT molecular complexity index is 1360. The third-order valence-electron chi connectivity index (χ3n) is 5.59. The Morgan fingerprint density at radius 1 is 1.31 bits per heavy atom. The summed E-state index contributed by atoms with van der Waals surface area (Å²) < 4.78 is 10.1. The molecule has 1 atom stereocenters. The molecule has 4 heterocycles.